The summed E-state index contributed by atoms with van der Waals surface area (Å²) in [4.78, 5) is 20.2. The standard InChI is InChI=1S/C22H20F4N4O2/c23-17-6-1-2-7-18(17)29-10-12-30(13-11-29)20(31)9-8-19-27-21(28-32-19)15-4-3-5-16(14-15)22(24,25)26/h1-7,14H,8-13H2. The second-order valence-corrected chi connectivity index (χ2v) is 7.41. The summed E-state index contributed by atoms with van der Waals surface area (Å²) in [7, 11) is 0. The maximum atomic E-state index is 13.9. The maximum Gasteiger partial charge on any atom is 0.416 e. The summed E-state index contributed by atoms with van der Waals surface area (Å²) in [5.74, 6) is -0.176. The third-order valence-corrected chi connectivity index (χ3v) is 5.29. The van der Waals surface area contributed by atoms with E-state index in [2.05, 4.69) is 10.1 Å². The van der Waals surface area contributed by atoms with Crippen LogP contribution in [-0.4, -0.2) is 47.1 Å². The minimum atomic E-state index is -4.47. The molecule has 0 atom stereocenters. The highest BCUT2D eigenvalue weighted by Gasteiger charge is 2.31. The van der Waals surface area contributed by atoms with Crippen molar-refractivity contribution in [3.8, 4) is 11.4 Å². The van der Waals surface area contributed by atoms with Gasteiger partial charge in [-0.2, -0.15) is 18.2 Å². The van der Waals surface area contributed by atoms with Gasteiger partial charge >= 0.3 is 6.18 Å². The van der Waals surface area contributed by atoms with Gasteiger partial charge in [-0.25, -0.2) is 4.39 Å². The van der Waals surface area contributed by atoms with Crippen molar-refractivity contribution < 1.29 is 26.9 Å². The number of hydrogen-bond donors (Lipinski definition) is 0. The predicted octanol–water partition coefficient (Wildman–Crippen LogP) is 4.18. The van der Waals surface area contributed by atoms with E-state index >= 15 is 0 Å². The fourth-order valence-corrected chi connectivity index (χ4v) is 3.59. The first-order chi connectivity index (χ1) is 15.3. The number of halogens is 4. The zero-order chi connectivity index (χ0) is 22.7. The molecule has 0 unspecified atom stereocenters. The largest absolute Gasteiger partial charge is 0.416 e. The second kappa shape index (κ2) is 8.97. The lowest BCUT2D eigenvalue weighted by molar-refractivity contribution is -0.137. The van der Waals surface area contributed by atoms with E-state index in [1.54, 1.807) is 23.1 Å². The average molecular weight is 448 g/mol. The minimum absolute atomic E-state index is 0.0389. The zero-order valence-electron chi connectivity index (χ0n) is 17.0. The van der Waals surface area contributed by atoms with Crippen molar-refractivity contribution >= 4 is 11.6 Å². The number of para-hydroxylation sites is 1. The number of anilines is 1. The van der Waals surface area contributed by atoms with Crippen LogP contribution in [0.25, 0.3) is 11.4 Å². The van der Waals surface area contributed by atoms with Crippen LogP contribution >= 0.6 is 0 Å². The molecular weight excluding hydrogens is 428 g/mol. The van der Waals surface area contributed by atoms with Gasteiger partial charge in [0.05, 0.1) is 11.3 Å². The summed E-state index contributed by atoms with van der Waals surface area (Å²) in [6.45, 7) is 1.97. The Morgan fingerprint density at radius 3 is 2.50 bits per heavy atom. The van der Waals surface area contributed by atoms with Gasteiger partial charge in [0.1, 0.15) is 5.82 Å². The number of carbonyl (C=O) groups excluding carboxylic acids is 1. The van der Waals surface area contributed by atoms with Gasteiger partial charge in [0.15, 0.2) is 0 Å². The third-order valence-electron chi connectivity index (χ3n) is 5.29. The lowest BCUT2D eigenvalue weighted by Gasteiger charge is -2.36. The van der Waals surface area contributed by atoms with Crippen molar-refractivity contribution in [3.63, 3.8) is 0 Å². The van der Waals surface area contributed by atoms with Gasteiger partial charge in [-0.05, 0) is 24.3 Å². The van der Waals surface area contributed by atoms with Crippen LogP contribution in [0.3, 0.4) is 0 Å². The van der Waals surface area contributed by atoms with E-state index in [1.807, 2.05) is 4.90 Å². The molecule has 0 bridgehead atoms. The molecular formula is C22H20F4N4O2. The molecule has 1 aromatic heterocycles. The van der Waals surface area contributed by atoms with Crippen LogP contribution in [0.15, 0.2) is 53.1 Å². The quantitative estimate of drug-likeness (QED) is 0.548. The Hall–Kier alpha value is -3.43. The Morgan fingerprint density at radius 2 is 1.78 bits per heavy atom. The van der Waals surface area contributed by atoms with Crippen LogP contribution in [0.1, 0.15) is 17.9 Å². The number of rotatable bonds is 5. The summed E-state index contributed by atoms with van der Waals surface area (Å²) in [6, 6.07) is 11.2. The molecule has 1 fully saturated rings. The molecule has 0 N–H and O–H groups in total. The molecule has 3 aromatic rings. The predicted molar refractivity (Wildman–Crippen MR) is 108 cm³/mol. The lowest BCUT2D eigenvalue weighted by atomic mass is 10.1. The summed E-state index contributed by atoms with van der Waals surface area (Å²) in [5.41, 5.74) is -0.0935. The van der Waals surface area contributed by atoms with Gasteiger partial charge in [-0.15, -0.1) is 0 Å². The number of aryl methyl sites for hydroxylation is 1. The molecule has 168 valence electrons. The smallest absolute Gasteiger partial charge is 0.366 e. The van der Waals surface area contributed by atoms with Gasteiger partial charge < -0.3 is 14.3 Å². The molecule has 1 amide bonds. The Kier molecular flexibility index (Phi) is 6.11. The Labute approximate surface area is 181 Å². The molecule has 0 radical (unpaired) electrons. The van der Waals surface area contributed by atoms with E-state index in [4.69, 9.17) is 4.52 Å². The fraction of sp³-hybridized carbons (Fsp3) is 0.318. The van der Waals surface area contributed by atoms with Crippen molar-refractivity contribution in [3.05, 3.63) is 65.8 Å². The number of aromatic nitrogens is 2. The van der Waals surface area contributed by atoms with Crippen molar-refractivity contribution in [1.29, 1.82) is 0 Å². The van der Waals surface area contributed by atoms with Gasteiger partial charge in [0.2, 0.25) is 17.6 Å². The van der Waals surface area contributed by atoms with Crippen LogP contribution in [0.2, 0.25) is 0 Å². The molecule has 6 nitrogen and oxygen atoms in total. The number of hydrogen-bond acceptors (Lipinski definition) is 5. The molecule has 0 aliphatic carbocycles. The Bertz CT molecular complexity index is 1090. The Morgan fingerprint density at radius 1 is 1.03 bits per heavy atom. The normalized spacial score (nSPS) is 14.6. The second-order valence-electron chi connectivity index (χ2n) is 7.41. The molecule has 2 heterocycles. The summed E-state index contributed by atoms with van der Waals surface area (Å²) >= 11 is 0. The molecule has 2 aromatic carbocycles. The van der Waals surface area contributed by atoms with E-state index < -0.39 is 11.7 Å². The maximum absolute atomic E-state index is 13.9. The lowest BCUT2D eigenvalue weighted by Crippen LogP contribution is -2.49. The molecule has 32 heavy (non-hydrogen) atoms. The Balaban J connectivity index is 1.31. The monoisotopic (exact) mass is 448 g/mol. The molecule has 4 rings (SSSR count). The zero-order valence-corrected chi connectivity index (χ0v) is 17.0. The first kappa shape index (κ1) is 21.8. The number of carbonyl (C=O) groups is 1. The number of benzene rings is 2. The fourth-order valence-electron chi connectivity index (χ4n) is 3.59. The SMILES string of the molecule is O=C(CCc1nc(-c2cccc(C(F)(F)F)c2)no1)N1CCN(c2ccccc2F)CC1. The van der Waals surface area contributed by atoms with Crippen LogP contribution < -0.4 is 4.90 Å². The van der Waals surface area contributed by atoms with E-state index in [0.29, 0.717) is 31.9 Å². The summed E-state index contributed by atoms with van der Waals surface area (Å²) in [6.07, 6.45) is -4.16. The van der Waals surface area contributed by atoms with Crippen molar-refractivity contribution in [2.75, 3.05) is 31.1 Å². The first-order valence-corrected chi connectivity index (χ1v) is 10.1. The number of alkyl halides is 3. The van der Waals surface area contributed by atoms with Crippen LogP contribution in [0.4, 0.5) is 23.2 Å². The molecule has 10 heteroatoms. The van der Waals surface area contributed by atoms with Gasteiger partial charge in [0, 0.05) is 44.6 Å². The van der Waals surface area contributed by atoms with Gasteiger partial charge in [-0.3, -0.25) is 4.79 Å². The van der Waals surface area contributed by atoms with Crippen LogP contribution in [0, 0.1) is 5.82 Å². The summed E-state index contributed by atoms with van der Waals surface area (Å²) < 4.78 is 57.7. The number of nitrogens with zero attached hydrogens (tertiary/aromatic N) is 4. The van der Waals surface area contributed by atoms with Crippen LogP contribution in [-0.2, 0) is 17.4 Å². The van der Waals surface area contributed by atoms with E-state index in [-0.39, 0.29) is 41.8 Å². The average Bonchev–Trinajstić information content (AvgIpc) is 3.27. The van der Waals surface area contributed by atoms with Crippen molar-refractivity contribution in [1.82, 2.24) is 15.0 Å². The highest BCUT2D eigenvalue weighted by atomic mass is 19.4. The number of piperazine rings is 1. The highest BCUT2D eigenvalue weighted by Crippen LogP contribution is 2.31. The van der Waals surface area contributed by atoms with Crippen LogP contribution in [0.5, 0.6) is 0 Å². The topological polar surface area (TPSA) is 62.5 Å². The molecule has 1 saturated heterocycles. The first-order valence-electron chi connectivity index (χ1n) is 10.1. The van der Waals surface area contributed by atoms with Crippen molar-refractivity contribution in [2.45, 2.75) is 19.0 Å². The van der Waals surface area contributed by atoms with E-state index in [0.717, 1.165) is 12.1 Å². The minimum Gasteiger partial charge on any atom is -0.366 e. The van der Waals surface area contributed by atoms with E-state index in [9.17, 15) is 22.4 Å². The molecule has 1 aliphatic rings. The molecule has 0 saturated carbocycles. The summed E-state index contributed by atoms with van der Waals surface area (Å²) in [5, 5.41) is 3.73. The number of amides is 1. The third kappa shape index (κ3) is 4.90. The van der Waals surface area contributed by atoms with Crippen molar-refractivity contribution in [2.24, 2.45) is 0 Å². The van der Waals surface area contributed by atoms with Gasteiger partial charge in [0.25, 0.3) is 0 Å². The molecule has 0 spiro atoms. The van der Waals surface area contributed by atoms with E-state index in [1.165, 1.54) is 18.2 Å². The highest BCUT2D eigenvalue weighted by molar-refractivity contribution is 5.76. The molecule has 1 aliphatic heterocycles. The van der Waals surface area contributed by atoms with Gasteiger partial charge in [-0.1, -0.05) is 29.4 Å².